The van der Waals surface area contributed by atoms with Crippen LogP contribution in [0.1, 0.15) is 5.56 Å². The quantitative estimate of drug-likeness (QED) is 0.531. The molecule has 0 aromatic heterocycles. The highest BCUT2D eigenvalue weighted by Crippen LogP contribution is 2.11. The fraction of sp³-hybridized carbons (Fsp3) is 0.300. The molecule has 1 rings (SSSR count). The second kappa shape index (κ2) is 4.21. The number of carbonyl (C=O) groups excluding carboxylic acids is 1. The van der Waals surface area contributed by atoms with E-state index in [0.29, 0.717) is 5.56 Å². The lowest BCUT2D eigenvalue weighted by molar-refractivity contribution is -0.206. The third-order valence-electron chi connectivity index (χ3n) is 1.81. The van der Waals surface area contributed by atoms with Crippen LogP contribution < -0.4 is 0 Å². The molecule has 14 heavy (non-hydrogen) atoms. The highest BCUT2D eigenvalue weighted by molar-refractivity contribution is 5.77. The average molecular weight is 196 g/mol. The minimum atomic E-state index is -2.45. The number of benzene rings is 1. The maximum absolute atomic E-state index is 10.9. The van der Waals surface area contributed by atoms with E-state index in [9.17, 15) is 15.0 Å². The van der Waals surface area contributed by atoms with Crippen LogP contribution in [-0.2, 0) is 16.0 Å². The number of ether oxygens (including phenoxy) is 1. The Morgan fingerprint density at radius 3 is 2.43 bits per heavy atom. The van der Waals surface area contributed by atoms with Gasteiger partial charge in [-0.1, -0.05) is 30.3 Å². The molecule has 76 valence electrons. The monoisotopic (exact) mass is 196 g/mol. The third kappa shape index (κ3) is 2.55. The molecule has 4 heteroatoms. The van der Waals surface area contributed by atoms with E-state index in [2.05, 4.69) is 4.74 Å². The molecule has 1 aromatic rings. The first-order valence-corrected chi connectivity index (χ1v) is 4.13. The summed E-state index contributed by atoms with van der Waals surface area (Å²) in [6.45, 7) is 0. The number of esters is 1. The van der Waals surface area contributed by atoms with Crippen LogP contribution in [-0.4, -0.2) is 29.1 Å². The van der Waals surface area contributed by atoms with Gasteiger partial charge in [-0.15, -0.1) is 0 Å². The summed E-state index contributed by atoms with van der Waals surface area (Å²) in [6, 6.07) is 8.71. The number of carbonyl (C=O) groups is 1. The summed E-state index contributed by atoms with van der Waals surface area (Å²) in [5.41, 5.74) is 0.655. The second-order valence-corrected chi connectivity index (χ2v) is 2.97. The van der Waals surface area contributed by atoms with E-state index in [-0.39, 0.29) is 6.42 Å². The van der Waals surface area contributed by atoms with Crippen LogP contribution in [0.5, 0.6) is 0 Å². The van der Waals surface area contributed by atoms with Crippen LogP contribution >= 0.6 is 0 Å². The zero-order valence-corrected chi connectivity index (χ0v) is 7.80. The van der Waals surface area contributed by atoms with Crippen LogP contribution in [0.3, 0.4) is 0 Å². The number of rotatable bonds is 3. The van der Waals surface area contributed by atoms with E-state index >= 15 is 0 Å². The summed E-state index contributed by atoms with van der Waals surface area (Å²) in [4.78, 5) is 10.9. The molecule has 2 N–H and O–H groups in total. The first-order chi connectivity index (χ1) is 6.56. The van der Waals surface area contributed by atoms with Gasteiger partial charge < -0.3 is 14.9 Å². The van der Waals surface area contributed by atoms with Gasteiger partial charge in [0.2, 0.25) is 0 Å². The molecule has 0 radical (unpaired) electrons. The van der Waals surface area contributed by atoms with E-state index in [1.807, 2.05) is 0 Å². The van der Waals surface area contributed by atoms with Crippen molar-refractivity contribution in [3.63, 3.8) is 0 Å². The fourth-order valence-electron chi connectivity index (χ4n) is 1.12. The Bertz CT molecular complexity index is 305. The standard InChI is InChI=1S/C10H12O4/c1-14-9(11)10(12,13)7-8-5-3-2-4-6-8/h2-6,12-13H,7H2,1H3. The third-order valence-corrected chi connectivity index (χ3v) is 1.81. The molecule has 0 atom stereocenters. The van der Waals surface area contributed by atoms with Crippen molar-refractivity contribution in [2.75, 3.05) is 7.11 Å². The van der Waals surface area contributed by atoms with E-state index in [1.165, 1.54) is 0 Å². The Balaban J connectivity index is 2.73. The van der Waals surface area contributed by atoms with Gasteiger partial charge in [-0.2, -0.15) is 0 Å². The van der Waals surface area contributed by atoms with Gasteiger partial charge in [-0.05, 0) is 5.56 Å². The van der Waals surface area contributed by atoms with Crippen molar-refractivity contribution >= 4 is 5.97 Å². The minimum Gasteiger partial charge on any atom is -0.465 e. The number of hydrogen-bond donors (Lipinski definition) is 2. The fourth-order valence-corrected chi connectivity index (χ4v) is 1.12. The molecule has 0 heterocycles. The molecule has 1 aromatic carbocycles. The molecular weight excluding hydrogens is 184 g/mol. The van der Waals surface area contributed by atoms with Crippen molar-refractivity contribution in [2.45, 2.75) is 12.2 Å². The molecule has 0 aliphatic rings. The maximum Gasteiger partial charge on any atom is 0.366 e. The zero-order valence-electron chi connectivity index (χ0n) is 7.80. The van der Waals surface area contributed by atoms with E-state index in [4.69, 9.17) is 0 Å². The Kier molecular flexibility index (Phi) is 3.22. The van der Waals surface area contributed by atoms with Crippen LogP contribution in [0, 0.1) is 0 Å². The summed E-state index contributed by atoms with van der Waals surface area (Å²) >= 11 is 0. The summed E-state index contributed by atoms with van der Waals surface area (Å²) in [5.74, 6) is -3.50. The van der Waals surface area contributed by atoms with Gasteiger partial charge in [0.25, 0.3) is 5.79 Å². The van der Waals surface area contributed by atoms with Crippen molar-refractivity contribution in [3.8, 4) is 0 Å². The largest absolute Gasteiger partial charge is 0.465 e. The van der Waals surface area contributed by atoms with Crippen LogP contribution in [0.4, 0.5) is 0 Å². The maximum atomic E-state index is 10.9. The van der Waals surface area contributed by atoms with Gasteiger partial charge in [0.1, 0.15) is 0 Å². The van der Waals surface area contributed by atoms with E-state index in [0.717, 1.165) is 7.11 Å². The molecule has 0 bridgehead atoms. The summed E-state index contributed by atoms with van der Waals surface area (Å²) in [5, 5.41) is 18.6. The summed E-state index contributed by atoms with van der Waals surface area (Å²) in [7, 11) is 1.11. The summed E-state index contributed by atoms with van der Waals surface area (Å²) in [6.07, 6.45) is -0.180. The number of hydrogen-bond acceptors (Lipinski definition) is 4. The molecule has 0 amide bonds. The lowest BCUT2D eigenvalue weighted by Gasteiger charge is -2.18. The lowest BCUT2D eigenvalue weighted by Crippen LogP contribution is -2.41. The lowest BCUT2D eigenvalue weighted by atomic mass is 10.1. The minimum absolute atomic E-state index is 0.180. The van der Waals surface area contributed by atoms with Crippen molar-refractivity contribution in [2.24, 2.45) is 0 Å². The number of methoxy groups -OCH3 is 1. The van der Waals surface area contributed by atoms with Crippen molar-refractivity contribution in [1.82, 2.24) is 0 Å². The Morgan fingerprint density at radius 1 is 1.36 bits per heavy atom. The van der Waals surface area contributed by atoms with Crippen molar-refractivity contribution < 1.29 is 19.7 Å². The van der Waals surface area contributed by atoms with Gasteiger partial charge in [-0.3, -0.25) is 0 Å². The van der Waals surface area contributed by atoms with E-state index in [1.54, 1.807) is 30.3 Å². The molecular formula is C10H12O4. The van der Waals surface area contributed by atoms with Crippen LogP contribution in [0.25, 0.3) is 0 Å². The van der Waals surface area contributed by atoms with Crippen molar-refractivity contribution in [1.29, 1.82) is 0 Å². The first kappa shape index (κ1) is 10.7. The highest BCUT2D eigenvalue weighted by Gasteiger charge is 2.34. The molecule has 0 aliphatic carbocycles. The molecule has 0 spiro atoms. The molecule has 0 unspecified atom stereocenters. The molecule has 0 saturated carbocycles. The topological polar surface area (TPSA) is 66.8 Å². The van der Waals surface area contributed by atoms with Gasteiger partial charge in [0.05, 0.1) is 7.11 Å². The highest BCUT2D eigenvalue weighted by atomic mass is 16.6. The smallest absolute Gasteiger partial charge is 0.366 e. The normalized spacial score (nSPS) is 11.1. The Labute approximate surface area is 81.8 Å². The zero-order chi connectivity index (χ0) is 10.6. The van der Waals surface area contributed by atoms with Crippen LogP contribution in [0.15, 0.2) is 30.3 Å². The van der Waals surface area contributed by atoms with Crippen LogP contribution in [0.2, 0.25) is 0 Å². The average Bonchev–Trinajstić information content (AvgIpc) is 2.17. The Hall–Kier alpha value is -1.39. The second-order valence-electron chi connectivity index (χ2n) is 2.97. The SMILES string of the molecule is COC(=O)C(O)(O)Cc1ccccc1. The molecule has 4 nitrogen and oxygen atoms in total. The van der Waals surface area contributed by atoms with Gasteiger partial charge in [-0.25, -0.2) is 4.79 Å². The van der Waals surface area contributed by atoms with E-state index < -0.39 is 11.8 Å². The molecule has 0 saturated heterocycles. The molecule has 0 fully saturated rings. The summed E-state index contributed by atoms with van der Waals surface area (Å²) < 4.78 is 4.25. The van der Waals surface area contributed by atoms with Gasteiger partial charge >= 0.3 is 5.97 Å². The predicted molar refractivity (Wildman–Crippen MR) is 49.3 cm³/mol. The van der Waals surface area contributed by atoms with Crippen molar-refractivity contribution in [3.05, 3.63) is 35.9 Å². The predicted octanol–water partition coefficient (Wildman–Crippen LogP) is 0.0830. The molecule has 0 aliphatic heterocycles. The number of aliphatic hydroxyl groups is 2. The van der Waals surface area contributed by atoms with Gasteiger partial charge in [0.15, 0.2) is 0 Å². The Morgan fingerprint density at radius 2 is 1.93 bits per heavy atom. The van der Waals surface area contributed by atoms with Gasteiger partial charge in [0, 0.05) is 6.42 Å². The first-order valence-electron chi connectivity index (χ1n) is 4.13.